The van der Waals surface area contributed by atoms with Gasteiger partial charge in [-0.3, -0.25) is 4.79 Å². The Morgan fingerprint density at radius 2 is 2.00 bits per heavy atom. The van der Waals surface area contributed by atoms with E-state index in [-0.39, 0.29) is 17.4 Å². The Hall–Kier alpha value is -1.29. The Morgan fingerprint density at radius 3 is 2.47 bits per heavy atom. The van der Waals surface area contributed by atoms with Crippen LogP contribution in [0, 0.1) is 11.6 Å². The summed E-state index contributed by atoms with van der Waals surface area (Å²) in [6.45, 7) is 3.88. The fourth-order valence-corrected chi connectivity index (χ4v) is 2.05. The second kappa shape index (κ2) is 4.18. The highest BCUT2D eigenvalue weighted by Gasteiger charge is 2.50. The van der Waals surface area contributed by atoms with Gasteiger partial charge in [0.1, 0.15) is 11.6 Å². The van der Waals surface area contributed by atoms with Crippen LogP contribution in [0.2, 0.25) is 0 Å². The number of carbonyl (C=O) groups excluding carboxylic acids is 1. The number of Topliss-reactive ketones (excluding diaryl/α,β-unsaturated/α-hetero) is 1. The first-order valence-electron chi connectivity index (χ1n) is 5.72. The first-order valence-corrected chi connectivity index (χ1v) is 5.72. The first kappa shape index (κ1) is 12.2. The molecule has 0 aliphatic heterocycles. The van der Waals surface area contributed by atoms with E-state index in [1.807, 2.05) is 13.8 Å². The maximum atomic E-state index is 13.5. The molecule has 1 aliphatic carbocycles. The summed E-state index contributed by atoms with van der Waals surface area (Å²) in [6, 6.07) is 3.24. The van der Waals surface area contributed by atoms with Crippen molar-refractivity contribution in [2.45, 2.75) is 38.3 Å². The summed E-state index contributed by atoms with van der Waals surface area (Å²) in [6.07, 6.45) is 1.42. The van der Waals surface area contributed by atoms with E-state index >= 15 is 0 Å². The Balaban J connectivity index is 2.25. The van der Waals surface area contributed by atoms with Gasteiger partial charge in [0.25, 0.3) is 0 Å². The molecule has 1 N–H and O–H groups in total. The highest BCUT2D eigenvalue weighted by atomic mass is 19.1. The number of halogens is 2. The van der Waals surface area contributed by atoms with Gasteiger partial charge in [-0.15, -0.1) is 0 Å². The van der Waals surface area contributed by atoms with Crippen molar-refractivity contribution in [1.29, 1.82) is 0 Å². The average Bonchev–Trinajstić information content (AvgIpc) is 2.97. The van der Waals surface area contributed by atoms with Crippen LogP contribution in [0.15, 0.2) is 18.2 Å². The zero-order chi connectivity index (χ0) is 12.6. The first-order chi connectivity index (χ1) is 7.94. The van der Waals surface area contributed by atoms with Crippen LogP contribution in [0.5, 0.6) is 0 Å². The number of hydrogen-bond acceptors (Lipinski definition) is 2. The fourth-order valence-electron chi connectivity index (χ4n) is 2.05. The van der Waals surface area contributed by atoms with Crippen LogP contribution in [-0.4, -0.2) is 17.4 Å². The van der Waals surface area contributed by atoms with Gasteiger partial charge in [-0.2, -0.15) is 0 Å². The van der Waals surface area contributed by atoms with Gasteiger partial charge in [0.15, 0.2) is 5.78 Å². The summed E-state index contributed by atoms with van der Waals surface area (Å²) in [5, 5.41) is 3.16. The van der Waals surface area contributed by atoms with Crippen LogP contribution in [0.25, 0.3) is 0 Å². The molecular formula is C13H15F2NO. The molecular weight excluding hydrogens is 224 g/mol. The number of nitrogens with one attached hydrogen (secondary N) is 1. The van der Waals surface area contributed by atoms with Crippen molar-refractivity contribution in [2.24, 2.45) is 0 Å². The van der Waals surface area contributed by atoms with Gasteiger partial charge in [-0.25, -0.2) is 8.78 Å². The van der Waals surface area contributed by atoms with Gasteiger partial charge in [-0.05, 0) is 38.8 Å². The molecule has 4 heteroatoms. The van der Waals surface area contributed by atoms with E-state index in [9.17, 15) is 13.6 Å². The predicted molar refractivity (Wildman–Crippen MR) is 60.9 cm³/mol. The van der Waals surface area contributed by atoms with E-state index in [0.717, 1.165) is 12.1 Å². The molecule has 0 radical (unpaired) electrons. The molecule has 0 heterocycles. The Morgan fingerprint density at radius 1 is 1.35 bits per heavy atom. The van der Waals surface area contributed by atoms with E-state index < -0.39 is 17.2 Å². The summed E-state index contributed by atoms with van der Waals surface area (Å²) in [5.41, 5.74) is -0.663. The van der Waals surface area contributed by atoms with Crippen molar-refractivity contribution < 1.29 is 13.6 Å². The molecule has 1 fully saturated rings. The van der Waals surface area contributed by atoms with Crippen molar-refractivity contribution in [3.05, 3.63) is 35.4 Å². The van der Waals surface area contributed by atoms with Gasteiger partial charge in [0.2, 0.25) is 0 Å². The third kappa shape index (κ3) is 2.36. The minimum absolute atomic E-state index is 0.0305. The van der Waals surface area contributed by atoms with E-state index in [1.165, 1.54) is 6.07 Å². The topological polar surface area (TPSA) is 29.1 Å². The lowest BCUT2D eigenvalue weighted by Crippen LogP contribution is -2.43. The summed E-state index contributed by atoms with van der Waals surface area (Å²) < 4.78 is 26.3. The molecule has 17 heavy (non-hydrogen) atoms. The highest BCUT2D eigenvalue weighted by molar-refractivity contribution is 6.05. The van der Waals surface area contributed by atoms with Gasteiger partial charge < -0.3 is 5.32 Å². The second-order valence-corrected chi connectivity index (χ2v) is 4.83. The molecule has 0 saturated heterocycles. The molecule has 92 valence electrons. The summed E-state index contributed by atoms with van der Waals surface area (Å²) in [7, 11) is 0. The van der Waals surface area contributed by atoms with Crippen LogP contribution < -0.4 is 5.32 Å². The Kier molecular flexibility index (Phi) is 3.00. The zero-order valence-electron chi connectivity index (χ0n) is 9.89. The number of benzene rings is 1. The summed E-state index contributed by atoms with van der Waals surface area (Å²) in [4.78, 5) is 12.2. The monoisotopic (exact) mass is 239 g/mol. The molecule has 0 spiro atoms. The van der Waals surface area contributed by atoms with Crippen LogP contribution in [0.4, 0.5) is 8.78 Å². The second-order valence-electron chi connectivity index (χ2n) is 4.83. The van der Waals surface area contributed by atoms with Crippen molar-refractivity contribution >= 4 is 5.78 Å². The molecule has 0 aromatic heterocycles. The molecule has 2 rings (SSSR count). The maximum absolute atomic E-state index is 13.5. The molecule has 0 atom stereocenters. The van der Waals surface area contributed by atoms with Gasteiger partial charge >= 0.3 is 0 Å². The number of rotatable bonds is 4. The Labute approximate surface area is 99.0 Å². The molecule has 0 bridgehead atoms. The number of hydrogen-bond donors (Lipinski definition) is 1. The maximum Gasteiger partial charge on any atom is 0.185 e. The molecule has 2 nitrogen and oxygen atoms in total. The van der Waals surface area contributed by atoms with Crippen molar-refractivity contribution in [3.8, 4) is 0 Å². The van der Waals surface area contributed by atoms with Crippen LogP contribution in [-0.2, 0) is 0 Å². The molecule has 1 saturated carbocycles. The Bertz CT molecular complexity index is 453. The molecule has 0 amide bonds. The summed E-state index contributed by atoms with van der Waals surface area (Å²) >= 11 is 0. The van der Waals surface area contributed by atoms with E-state index in [4.69, 9.17) is 0 Å². The summed E-state index contributed by atoms with van der Waals surface area (Å²) in [5.74, 6) is -1.73. The fraction of sp³-hybridized carbons (Fsp3) is 0.462. The quantitative estimate of drug-likeness (QED) is 0.818. The minimum Gasteiger partial charge on any atom is -0.302 e. The molecule has 1 aromatic rings. The van der Waals surface area contributed by atoms with Crippen molar-refractivity contribution in [3.63, 3.8) is 0 Å². The normalized spacial score (nSPS) is 17.2. The molecule has 1 aliphatic rings. The predicted octanol–water partition coefficient (Wildman–Crippen LogP) is 2.68. The lowest BCUT2D eigenvalue weighted by molar-refractivity contribution is 0.0918. The van der Waals surface area contributed by atoms with Crippen LogP contribution >= 0.6 is 0 Å². The van der Waals surface area contributed by atoms with Crippen LogP contribution in [0.1, 0.15) is 37.0 Å². The SMILES string of the molecule is CC(C)NC1(C(=O)c2ccc(F)cc2F)CC1. The lowest BCUT2D eigenvalue weighted by Gasteiger charge is -2.19. The minimum atomic E-state index is -0.785. The van der Waals surface area contributed by atoms with E-state index in [0.29, 0.717) is 12.8 Å². The zero-order valence-corrected chi connectivity index (χ0v) is 9.89. The van der Waals surface area contributed by atoms with Gasteiger partial charge in [0.05, 0.1) is 11.1 Å². The number of carbonyl (C=O) groups is 1. The smallest absolute Gasteiger partial charge is 0.185 e. The van der Waals surface area contributed by atoms with Crippen molar-refractivity contribution in [1.82, 2.24) is 5.32 Å². The lowest BCUT2D eigenvalue weighted by atomic mass is 10.0. The van der Waals surface area contributed by atoms with Gasteiger partial charge in [0, 0.05) is 12.1 Å². The molecule has 0 unspecified atom stereocenters. The van der Waals surface area contributed by atoms with Gasteiger partial charge in [-0.1, -0.05) is 0 Å². The van der Waals surface area contributed by atoms with E-state index in [2.05, 4.69) is 5.32 Å². The average molecular weight is 239 g/mol. The van der Waals surface area contributed by atoms with Crippen LogP contribution in [0.3, 0.4) is 0 Å². The number of ketones is 1. The highest BCUT2D eigenvalue weighted by Crippen LogP contribution is 2.39. The molecule has 1 aromatic carbocycles. The van der Waals surface area contributed by atoms with E-state index in [1.54, 1.807) is 0 Å². The third-order valence-electron chi connectivity index (χ3n) is 2.93. The van der Waals surface area contributed by atoms with Crippen molar-refractivity contribution in [2.75, 3.05) is 0 Å². The third-order valence-corrected chi connectivity index (χ3v) is 2.93. The standard InChI is InChI=1S/C13H15F2NO/c1-8(2)16-13(5-6-13)12(17)10-4-3-9(14)7-11(10)15/h3-4,7-8,16H,5-6H2,1-2H3. The largest absolute Gasteiger partial charge is 0.302 e.